The van der Waals surface area contributed by atoms with Gasteiger partial charge in [-0.05, 0) is 62.4 Å². The predicted octanol–water partition coefficient (Wildman–Crippen LogP) is 6.26. The molecule has 2 aromatic carbocycles. The third-order valence-electron chi connectivity index (χ3n) is 6.17. The van der Waals surface area contributed by atoms with Gasteiger partial charge in [-0.1, -0.05) is 74.9 Å². The van der Waals surface area contributed by atoms with E-state index in [0.29, 0.717) is 22.7 Å². The van der Waals surface area contributed by atoms with Crippen molar-refractivity contribution in [2.75, 3.05) is 11.9 Å². The van der Waals surface area contributed by atoms with Crippen LogP contribution in [-0.4, -0.2) is 41.0 Å². The quantitative estimate of drug-likeness (QED) is 0.338. The maximum atomic E-state index is 14.1. The highest BCUT2D eigenvalue weighted by Gasteiger charge is 2.38. The van der Waals surface area contributed by atoms with Crippen LogP contribution < -0.4 is 10.6 Å². The molecule has 2 aromatic rings. The van der Waals surface area contributed by atoms with E-state index in [9.17, 15) is 19.6 Å². The van der Waals surface area contributed by atoms with Gasteiger partial charge in [0, 0.05) is 0 Å². The van der Waals surface area contributed by atoms with E-state index in [1.807, 2.05) is 26.0 Å². The van der Waals surface area contributed by atoms with Crippen LogP contribution >= 0.6 is 11.6 Å². The Balaban J connectivity index is 2.61. The zero-order valence-electron chi connectivity index (χ0n) is 23.4. The van der Waals surface area contributed by atoms with E-state index in [4.69, 9.17) is 16.3 Å². The highest BCUT2D eigenvalue weighted by atomic mass is 35.5. The van der Waals surface area contributed by atoms with Gasteiger partial charge in [-0.25, -0.2) is 4.79 Å². The number of anilines is 1. The smallest absolute Gasteiger partial charge is 0.408 e. The Morgan fingerprint density at radius 2 is 1.87 bits per heavy atom. The molecule has 0 aliphatic rings. The Bertz CT molecular complexity index is 1230. The van der Waals surface area contributed by atoms with Crippen LogP contribution in [-0.2, 0) is 14.3 Å². The molecular weight excluding hydrogens is 516 g/mol. The van der Waals surface area contributed by atoms with Gasteiger partial charge in [-0.3, -0.25) is 9.59 Å². The molecule has 0 radical (unpaired) electrons. The number of aryl methyl sites for hydroxylation is 1. The maximum Gasteiger partial charge on any atom is 0.408 e. The van der Waals surface area contributed by atoms with Crippen LogP contribution in [0.25, 0.3) is 6.08 Å². The van der Waals surface area contributed by atoms with Gasteiger partial charge in [-0.15, -0.1) is 0 Å². The van der Waals surface area contributed by atoms with Crippen molar-refractivity contribution < 1.29 is 19.1 Å². The highest BCUT2D eigenvalue weighted by Crippen LogP contribution is 2.30. The molecule has 0 aliphatic heterocycles. The lowest BCUT2D eigenvalue weighted by Crippen LogP contribution is -2.54. The van der Waals surface area contributed by atoms with E-state index in [-0.39, 0.29) is 5.92 Å². The van der Waals surface area contributed by atoms with Crippen molar-refractivity contribution in [3.05, 3.63) is 70.8 Å². The monoisotopic (exact) mass is 552 g/mol. The number of rotatable bonds is 10. The fraction of sp³-hybridized carbons (Fsp3) is 0.400. The van der Waals surface area contributed by atoms with Gasteiger partial charge in [0.05, 0.1) is 16.8 Å². The van der Waals surface area contributed by atoms with Gasteiger partial charge in [0.15, 0.2) is 0 Å². The van der Waals surface area contributed by atoms with E-state index in [1.54, 1.807) is 70.2 Å². The molecule has 39 heavy (non-hydrogen) atoms. The van der Waals surface area contributed by atoms with Crippen molar-refractivity contribution in [1.29, 1.82) is 5.26 Å². The van der Waals surface area contributed by atoms with Crippen molar-refractivity contribution >= 4 is 41.3 Å². The Hall–Kier alpha value is -3.83. The average Bonchev–Trinajstić information content (AvgIpc) is 2.87. The molecule has 2 rings (SSSR count). The first-order chi connectivity index (χ1) is 18.3. The van der Waals surface area contributed by atoms with Gasteiger partial charge >= 0.3 is 6.09 Å². The molecule has 0 fully saturated rings. The number of hydrogen-bond acceptors (Lipinski definition) is 5. The van der Waals surface area contributed by atoms with Crippen LogP contribution in [0.2, 0.25) is 5.02 Å². The molecule has 0 spiro atoms. The molecule has 0 saturated heterocycles. The molecular formula is C30H37ClN4O4. The minimum atomic E-state index is -1.21. The van der Waals surface area contributed by atoms with Crippen molar-refractivity contribution in [1.82, 2.24) is 10.2 Å². The summed E-state index contributed by atoms with van der Waals surface area (Å²) in [4.78, 5) is 41.8. The Kier molecular flexibility index (Phi) is 11.1. The first-order valence-corrected chi connectivity index (χ1v) is 13.2. The molecule has 0 saturated carbocycles. The summed E-state index contributed by atoms with van der Waals surface area (Å²) in [5.74, 6) is -1.46. The number of nitrogens with one attached hydrogen (secondary N) is 2. The fourth-order valence-electron chi connectivity index (χ4n) is 3.98. The Labute approximate surface area is 236 Å². The van der Waals surface area contributed by atoms with Crippen molar-refractivity contribution in [3.8, 4) is 6.07 Å². The van der Waals surface area contributed by atoms with Crippen LogP contribution in [0.15, 0.2) is 49.0 Å². The minimum Gasteiger partial charge on any atom is -0.444 e. The molecule has 0 heterocycles. The number of benzene rings is 2. The molecule has 0 aliphatic carbocycles. The summed E-state index contributed by atoms with van der Waals surface area (Å²) in [6.07, 6.45) is 1.41. The number of nitrogens with zero attached hydrogens (tertiary/aromatic N) is 2. The zero-order valence-corrected chi connectivity index (χ0v) is 24.1. The molecule has 8 nitrogen and oxygen atoms in total. The Morgan fingerprint density at radius 3 is 2.44 bits per heavy atom. The number of nitriles is 1. The van der Waals surface area contributed by atoms with Gasteiger partial charge < -0.3 is 20.3 Å². The van der Waals surface area contributed by atoms with E-state index in [2.05, 4.69) is 17.2 Å². The number of halogens is 1. The van der Waals surface area contributed by atoms with E-state index < -0.39 is 42.1 Å². The van der Waals surface area contributed by atoms with Crippen LogP contribution in [0.4, 0.5) is 10.5 Å². The standard InChI is InChI=1S/C30H37ClN4O4/c1-8-19(3)25(34-29(38)39-30(5,6)7)28(37)35(17-16-32)26(22-14-11-13-21(9-2)18-22)27(36)33-24-20(4)12-10-15-23(24)31/h9-15,18-19,25-26H,2,8,17H2,1,3-7H3,(H,33,36)(H,34,38). The highest BCUT2D eigenvalue weighted by molar-refractivity contribution is 6.34. The summed E-state index contributed by atoms with van der Waals surface area (Å²) < 4.78 is 5.39. The third kappa shape index (κ3) is 8.59. The first-order valence-electron chi connectivity index (χ1n) is 12.8. The molecule has 3 amide bonds. The summed E-state index contributed by atoms with van der Waals surface area (Å²) in [7, 11) is 0. The largest absolute Gasteiger partial charge is 0.444 e. The molecule has 0 bridgehead atoms. The number of ether oxygens (including phenoxy) is 1. The number of para-hydroxylation sites is 1. The zero-order chi connectivity index (χ0) is 29.3. The van der Waals surface area contributed by atoms with Crippen LogP contribution in [0.5, 0.6) is 0 Å². The molecule has 2 N–H and O–H groups in total. The normalized spacial score (nSPS) is 13.3. The third-order valence-corrected chi connectivity index (χ3v) is 6.48. The second-order valence-corrected chi connectivity index (χ2v) is 10.7. The lowest BCUT2D eigenvalue weighted by Gasteiger charge is -2.34. The van der Waals surface area contributed by atoms with Gasteiger partial charge in [0.1, 0.15) is 24.2 Å². The summed E-state index contributed by atoms with van der Waals surface area (Å²) in [5, 5.41) is 15.6. The lowest BCUT2D eigenvalue weighted by atomic mass is 9.95. The second kappa shape index (κ2) is 13.8. The Morgan fingerprint density at radius 1 is 1.21 bits per heavy atom. The van der Waals surface area contributed by atoms with Gasteiger partial charge in [0.2, 0.25) is 5.91 Å². The SMILES string of the molecule is C=Cc1cccc(C(C(=O)Nc2c(C)cccc2Cl)N(CC#N)C(=O)C(NC(=O)OC(C)(C)C)C(C)CC)c1. The van der Waals surface area contributed by atoms with Crippen molar-refractivity contribution in [2.24, 2.45) is 5.92 Å². The fourth-order valence-corrected chi connectivity index (χ4v) is 4.25. The average molecular weight is 553 g/mol. The van der Waals surface area contributed by atoms with Crippen molar-refractivity contribution in [2.45, 2.75) is 65.6 Å². The summed E-state index contributed by atoms with van der Waals surface area (Å²) in [6.45, 7) is 14.1. The number of hydrogen-bond donors (Lipinski definition) is 2. The summed E-state index contributed by atoms with van der Waals surface area (Å²) in [6, 6.07) is 12.0. The van der Waals surface area contributed by atoms with Crippen LogP contribution in [0.3, 0.4) is 0 Å². The number of alkyl carbamates (subject to hydrolysis) is 1. The molecule has 0 aromatic heterocycles. The summed E-state index contributed by atoms with van der Waals surface area (Å²) in [5.41, 5.74) is 1.56. The predicted molar refractivity (Wildman–Crippen MR) is 154 cm³/mol. The topological polar surface area (TPSA) is 112 Å². The van der Waals surface area contributed by atoms with Crippen LogP contribution in [0.1, 0.15) is 63.8 Å². The van der Waals surface area contributed by atoms with Crippen LogP contribution in [0, 0.1) is 24.2 Å². The molecule has 9 heteroatoms. The van der Waals surface area contributed by atoms with E-state index >= 15 is 0 Å². The van der Waals surface area contributed by atoms with E-state index in [0.717, 1.165) is 11.1 Å². The first kappa shape index (κ1) is 31.4. The number of carbonyl (C=O) groups is 3. The van der Waals surface area contributed by atoms with Gasteiger partial charge in [-0.2, -0.15) is 5.26 Å². The summed E-state index contributed by atoms with van der Waals surface area (Å²) >= 11 is 6.37. The maximum absolute atomic E-state index is 14.1. The second-order valence-electron chi connectivity index (χ2n) is 10.3. The molecule has 3 atom stereocenters. The van der Waals surface area contributed by atoms with E-state index in [1.165, 1.54) is 4.90 Å². The number of carbonyl (C=O) groups excluding carboxylic acids is 3. The van der Waals surface area contributed by atoms with Gasteiger partial charge in [0.25, 0.3) is 5.91 Å². The lowest BCUT2D eigenvalue weighted by molar-refractivity contribution is -0.141. The van der Waals surface area contributed by atoms with Crippen molar-refractivity contribution in [3.63, 3.8) is 0 Å². The molecule has 208 valence electrons. The minimum absolute atomic E-state index is 0.319. The number of amides is 3. The molecule has 3 unspecified atom stereocenters.